The summed E-state index contributed by atoms with van der Waals surface area (Å²) in [6, 6.07) is 69.6. The number of benzene rings is 8. The van der Waals surface area contributed by atoms with Gasteiger partial charge in [-0.25, -0.2) is 15.0 Å². The van der Waals surface area contributed by atoms with E-state index in [1.54, 1.807) is 12.1 Å². The van der Waals surface area contributed by atoms with E-state index in [0.29, 0.717) is 23.0 Å². The first-order valence-corrected chi connectivity index (χ1v) is 20.6. The number of ether oxygens (including phenoxy) is 1. The third-order valence-electron chi connectivity index (χ3n) is 12.5. The minimum absolute atomic E-state index is 0.182. The largest absolute Gasteiger partial charge is 0.456 e. The van der Waals surface area contributed by atoms with Crippen molar-refractivity contribution >= 4 is 0 Å². The van der Waals surface area contributed by atoms with Gasteiger partial charge >= 0.3 is 0 Å². The standard InChI is InChI=1S/C56H38N4O/c1-55(2)46-23-10-9-21-44(46)45-32-31-40(34-49(45)55)54-59-52(37-29-27-36(35-57)28-30-37)58-53(60-54)39-16-13-15-38(33-39)43-22-14-25-48-51(43)61-50-26-12-11-24-47(50)56(48,41-17-5-3-6-18-41)42-19-7-4-8-20-42/h3-34H,1-2H3. The molecule has 0 atom stereocenters. The molecule has 1 aromatic heterocycles. The van der Waals surface area contributed by atoms with Crippen molar-refractivity contribution in [1.82, 2.24) is 15.0 Å². The number of rotatable bonds is 6. The van der Waals surface area contributed by atoms with Crippen LogP contribution in [0.5, 0.6) is 11.5 Å². The molecule has 1 aliphatic heterocycles. The lowest BCUT2D eigenvalue weighted by molar-refractivity contribution is 0.436. The van der Waals surface area contributed by atoms with Crippen molar-refractivity contribution in [2.24, 2.45) is 0 Å². The van der Waals surface area contributed by atoms with Gasteiger partial charge in [-0.3, -0.25) is 0 Å². The summed E-state index contributed by atoms with van der Waals surface area (Å²) in [7, 11) is 0. The number of para-hydroxylation sites is 2. The minimum Gasteiger partial charge on any atom is -0.456 e. The molecule has 5 heteroatoms. The zero-order chi connectivity index (χ0) is 41.1. The highest BCUT2D eigenvalue weighted by molar-refractivity contribution is 5.84. The maximum absolute atomic E-state index is 9.56. The molecule has 0 bridgehead atoms. The predicted molar refractivity (Wildman–Crippen MR) is 242 cm³/mol. The summed E-state index contributed by atoms with van der Waals surface area (Å²) < 4.78 is 6.99. The minimum atomic E-state index is -0.634. The average molecular weight is 783 g/mol. The van der Waals surface area contributed by atoms with E-state index < -0.39 is 5.41 Å². The third-order valence-corrected chi connectivity index (χ3v) is 12.5. The second-order valence-electron chi connectivity index (χ2n) is 16.3. The van der Waals surface area contributed by atoms with E-state index in [-0.39, 0.29) is 5.41 Å². The van der Waals surface area contributed by atoms with Gasteiger partial charge in [0.1, 0.15) is 11.5 Å². The summed E-state index contributed by atoms with van der Waals surface area (Å²) >= 11 is 0. The summed E-state index contributed by atoms with van der Waals surface area (Å²) in [5, 5.41) is 9.56. The summed E-state index contributed by atoms with van der Waals surface area (Å²) in [6.07, 6.45) is 0. The van der Waals surface area contributed by atoms with Gasteiger partial charge in [-0.05, 0) is 81.4 Å². The molecule has 0 unspecified atom stereocenters. The first-order valence-electron chi connectivity index (χ1n) is 20.6. The number of fused-ring (bicyclic) bond motifs is 5. The molecule has 5 nitrogen and oxygen atoms in total. The highest BCUT2D eigenvalue weighted by atomic mass is 16.5. The molecule has 0 N–H and O–H groups in total. The quantitative estimate of drug-likeness (QED) is 0.168. The zero-order valence-electron chi connectivity index (χ0n) is 33.7. The van der Waals surface area contributed by atoms with Crippen molar-refractivity contribution < 1.29 is 4.74 Å². The van der Waals surface area contributed by atoms with Crippen LogP contribution < -0.4 is 4.74 Å². The molecule has 0 spiro atoms. The van der Waals surface area contributed by atoms with E-state index >= 15 is 0 Å². The van der Waals surface area contributed by atoms with Crippen LogP contribution in [0.4, 0.5) is 0 Å². The van der Waals surface area contributed by atoms with E-state index in [0.717, 1.165) is 61.6 Å². The number of aromatic nitrogens is 3. The number of nitrogens with zero attached hydrogens (tertiary/aromatic N) is 4. The molecular weight excluding hydrogens is 745 g/mol. The Morgan fingerprint density at radius 3 is 1.66 bits per heavy atom. The fraction of sp³-hybridized carbons (Fsp3) is 0.0714. The number of nitriles is 1. The van der Waals surface area contributed by atoms with Crippen molar-refractivity contribution in [2.75, 3.05) is 0 Å². The Balaban J connectivity index is 1.08. The van der Waals surface area contributed by atoms with Gasteiger partial charge in [0.15, 0.2) is 17.5 Å². The maximum atomic E-state index is 9.56. The van der Waals surface area contributed by atoms with Crippen molar-refractivity contribution in [3.63, 3.8) is 0 Å². The Morgan fingerprint density at radius 1 is 0.426 bits per heavy atom. The second-order valence-corrected chi connectivity index (χ2v) is 16.3. The van der Waals surface area contributed by atoms with Gasteiger partial charge in [0, 0.05) is 38.8 Å². The van der Waals surface area contributed by atoms with Gasteiger partial charge in [0.05, 0.1) is 17.0 Å². The van der Waals surface area contributed by atoms with Gasteiger partial charge in [-0.15, -0.1) is 0 Å². The molecular formula is C56H38N4O. The topological polar surface area (TPSA) is 71.7 Å². The van der Waals surface area contributed by atoms with Crippen LogP contribution in [0, 0.1) is 11.3 Å². The maximum Gasteiger partial charge on any atom is 0.164 e. The molecule has 2 aliphatic rings. The number of hydrogen-bond acceptors (Lipinski definition) is 5. The summed E-state index contributed by atoms with van der Waals surface area (Å²) in [4.78, 5) is 15.4. The van der Waals surface area contributed by atoms with Crippen LogP contribution in [-0.2, 0) is 10.8 Å². The average Bonchev–Trinajstić information content (AvgIpc) is 3.56. The highest BCUT2D eigenvalue weighted by Gasteiger charge is 2.46. The van der Waals surface area contributed by atoms with Gasteiger partial charge in [0.25, 0.3) is 0 Å². The van der Waals surface area contributed by atoms with Gasteiger partial charge in [-0.1, -0.05) is 166 Å². The Kier molecular flexibility index (Phi) is 8.37. The predicted octanol–water partition coefficient (Wildman–Crippen LogP) is 13.2. The molecule has 0 saturated heterocycles. The molecule has 8 aromatic carbocycles. The molecule has 0 fully saturated rings. The first-order chi connectivity index (χ1) is 29.9. The van der Waals surface area contributed by atoms with Crippen LogP contribution in [0.15, 0.2) is 194 Å². The normalized spacial score (nSPS) is 13.8. The molecule has 1 aliphatic carbocycles. The molecule has 2 heterocycles. The lowest BCUT2D eigenvalue weighted by Crippen LogP contribution is -2.34. The van der Waals surface area contributed by atoms with Crippen LogP contribution in [0.3, 0.4) is 0 Å². The van der Waals surface area contributed by atoms with Gasteiger partial charge < -0.3 is 4.74 Å². The third kappa shape index (κ3) is 5.72. The molecule has 9 aromatic rings. The number of hydrogen-bond donors (Lipinski definition) is 0. The van der Waals surface area contributed by atoms with E-state index in [1.807, 2.05) is 18.2 Å². The molecule has 0 radical (unpaired) electrons. The highest BCUT2D eigenvalue weighted by Crippen LogP contribution is 2.57. The van der Waals surface area contributed by atoms with E-state index in [4.69, 9.17) is 19.7 Å². The fourth-order valence-corrected chi connectivity index (χ4v) is 9.58. The molecule has 11 rings (SSSR count). The summed E-state index contributed by atoms with van der Waals surface area (Å²) in [5.74, 6) is 3.29. The van der Waals surface area contributed by atoms with Crippen molar-refractivity contribution in [2.45, 2.75) is 24.7 Å². The smallest absolute Gasteiger partial charge is 0.164 e. The van der Waals surface area contributed by atoms with Crippen LogP contribution in [0.2, 0.25) is 0 Å². The van der Waals surface area contributed by atoms with Crippen molar-refractivity contribution in [3.8, 4) is 74.0 Å². The van der Waals surface area contributed by atoms with Crippen LogP contribution in [0.25, 0.3) is 56.4 Å². The molecule has 288 valence electrons. The van der Waals surface area contributed by atoms with Gasteiger partial charge in [0.2, 0.25) is 0 Å². The SMILES string of the molecule is CC1(C)c2ccccc2-c2ccc(-c3nc(-c4ccc(C#N)cc4)nc(-c4cccc(-c5cccc6c5Oc5ccccc5C6(c5ccccc5)c5ccccc5)c4)n3)cc21. The Bertz CT molecular complexity index is 3160. The molecule has 0 saturated carbocycles. The van der Waals surface area contributed by atoms with Crippen LogP contribution in [0.1, 0.15) is 52.8 Å². The lowest BCUT2D eigenvalue weighted by Gasteiger charge is -2.42. The zero-order valence-corrected chi connectivity index (χ0v) is 33.7. The van der Waals surface area contributed by atoms with E-state index in [2.05, 4.69) is 184 Å². The molecule has 61 heavy (non-hydrogen) atoms. The first kappa shape index (κ1) is 36.2. The van der Waals surface area contributed by atoms with E-state index in [9.17, 15) is 5.26 Å². The Hall–Kier alpha value is -7.94. The van der Waals surface area contributed by atoms with Crippen molar-refractivity contribution in [1.29, 1.82) is 5.26 Å². The lowest BCUT2D eigenvalue weighted by atomic mass is 9.63. The summed E-state index contributed by atoms with van der Waals surface area (Å²) in [5.41, 5.74) is 13.8. The van der Waals surface area contributed by atoms with Crippen LogP contribution in [-0.4, -0.2) is 15.0 Å². The van der Waals surface area contributed by atoms with Crippen molar-refractivity contribution in [3.05, 3.63) is 233 Å². The summed E-state index contributed by atoms with van der Waals surface area (Å²) in [6.45, 7) is 4.56. The Morgan fingerprint density at radius 2 is 0.951 bits per heavy atom. The Labute approximate surface area is 355 Å². The van der Waals surface area contributed by atoms with Crippen LogP contribution >= 0.6 is 0 Å². The fourth-order valence-electron chi connectivity index (χ4n) is 9.58. The van der Waals surface area contributed by atoms with E-state index in [1.165, 1.54) is 22.3 Å². The molecule has 0 amide bonds. The monoisotopic (exact) mass is 782 g/mol. The van der Waals surface area contributed by atoms with Gasteiger partial charge in [-0.2, -0.15) is 5.26 Å². The second kappa shape index (κ2) is 14.1.